The Bertz CT molecular complexity index is 412. The van der Waals surface area contributed by atoms with Crippen LogP contribution in [0.1, 0.15) is 11.7 Å². The van der Waals surface area contributed by atoms with E-state index >= 15 is 0 Å². The largest absolute Gasteiger partial charge is 0.327 e. The number of H-pyrrole nitrogens is 1. The molecule has 0 aliphatic carbocycles. The first-order valence-corrected chi connectivity index (χ1v) is 3.82. The first-order valence-electron chi connectivity index (χ1n) is 3.82. The number of alkyl halides is 1. The minimum atomic E-state index is -1.19. The Kier molecular flexibility index (Phi) is 1.90. The zero-order valence-corrected chi connectivity index (χ0v) is 6.74. The van der Waals surface area contributed by atoms with Crippen LogP contribution < -0.4 is 5.73 Å². The summed E-state index contributed by atoms with van der Waals surface area (Å²) in [6.07, 6.45) is 0.233. The molecule has 0 radical (unpaired) electrons. The molecule has 68 valence electrons. The molecule has 0 bridgehead atoms. The third kappa shape index (κ3) is 1.35. The number of hydrogen-bond acceptors (Lipinski definition) is 4. The average Bonchev–Trinajstić information content (AvgIpc) is 2.63. The molecular weight excluding hydrogens is 173 g/mol. The van der Waals surface area contributed by atoms with E-state index in [9.17, 15) is 4.39 Å². The Morgan fingerprint density at radius 2 is 2.38 bits per heavy atom. The maximum Gasteiger partial charge on any atom is 0.201 e. The third-order valence-electron chi connectivity index (χ3n) is 1.76. The van der Waals surface area contributed by atoms with Gasteiger partial charge in [0, 0.05) is 18.3 Å². The number of halogens is 1. The summed E-state index contributed by atoms with van der Waals surface area (Å²) in [5.74, 6) is 0. The monoisotopic (exact) mass is 181 g/mol. The van der Waals surface area contributed by atoms with Gasteiger partial charge in [0.05, 0.1) is 0 Å². The highest BCUT2D eigenvalue weighted by atomic mass is 19.1. The first kappa shape index (κ1) is 8.06. The van der Waals surface area contributed by atoms with Crippen LogP contribution in [0.15, 0.2) is 12.3 Å². The Balaban J connectivity index is 2.48. The smallest absolute Gasteiger partial charge is 0.201 e. The number of aromatic nitrogens is 4. The predicted octanol–water partition coefficient (Wildman–Crippen LogP) is 0.322. The van der Waals surface area contributed by atoms with Gasteiger partial charge >= 0.3 is 0 Å². The second-order valence-corrected chi connectivity index (χ2v) is 2.64. The number of hydrogen-bond donors (Lipinski definition) is 2. The number of pyridine rings is 1. The highest BCUT2D eigenvalue weighted by Gasteiger charge is 2.09. The molecule has 0 saturated heterocycles. The van der Waals surface area contributed by atoms with Gasteiger partial charge in [0.2, 0.25) is 5.65 Å². The molecule has 0 fully saturated rings. The summed E-state index contributed by atoms with van der Waals surface area (Å²) in [5, 5.41) is 9.94. The number of fused-ring (bicyclic) bond motifs is 1. The lowest BCUT2D eigenvalue weighted by Crippen LogP contribution is -2.07. The Morgan fingerprint density at radius 1 is 1.54 bits per heavy atom. The highest BCUT2D eigenvalue weighted by Crippen LogP contribution is 2.17. The lowest BCUT2D eigenvalue weighted by Gasteiger charge is -2.02. The van der Waals surface area contributed by atoms with Crippen molar-refractivity contribution in [2.45, 2.75) is 6.17 Å². The van der Waals surface area contributed by atoms with Crippen LogP contribution in [-0.2, 0) is 0 Å². The van der Waals surface area contributed by atoms with Crippen molar-refractivity contribution < 1.29 is 4.39 Å². The van der Waals surface area contributed by atoms with Crippen LogP contribution in [0.3, 0.4) is 0 Å². The van der Waals surface area contributed by atoms with E-state index in [1.165, 1.54) is 6.20 Å². The van der Waals surface area contributed by atoms with Gasteiger partial charge in [0.1, 0.15) is 11.7 Å². The topological polar surface area (TPSA) is 80.5 Å². The van der Waals surface area contributed by atoms with Gasteiger partial charge in [-0.2, -0.15) is 10.3 Å². The zero-order valence-electron chi connectivity index (χ0n) is 6.74. The second kappa shape index (κ2) is 3.06. The summed E-state index contributed by atoms with van der Waals surface area (Å²) in [6, 6.07) is 1.59. The van der Waals surface area contributed by atoms with Gasteiger partial charge < -0.3 is 5.73 Å². The average molecular weight is 181 g/mol. The van der Waals surface area contributed by atoms with Crippen LogP contribution in [-0.4, -0.2) is 26.9 Å². The van der Waals surface area contributed by atoms with E-state index in [1.807, 2.05) is 0 Å². The fraction of sp³-hybridized carbons (Fsp3) is 0.286. The van der Waals surface area contributed by atoms with Crippen molar-refractivity contribution in [3.63, 3.8) is 0 Å². The lowest BCUT2D eigenvalue weighted by molar-refractivity contribution is 0.352. The standard InChI is InChI=1S/C7H8FN5/c8-5(2-9)4-1-6-7(10-3-4)12-13-11-6/h1,3,5H,2,9H2,(H,10,11,12,13). The molecule has 6 heteroatoms. The maximum absolute atomic E-state index is 13.1. The molecule has 0 aliphatic rings. The van der Waals surface area contributed by atoms with E-state index in [2.05, 4.69) is 20.4 Å². The van der Waals surface area contributed by atoms with Crippen molar-refractivity contribution in [1.82, 2.24) is 20.4 Å². The Morgan fingerprint density at radius 3 is 3.15 bits per heavy atom. The van der Waals surface area contributed by atoms with E-state index in [-0.39, 0.29) is 6.54 Å². The van der Waals surface area contributed by atoms with Gasteiger partial charge in [-0.05, 0) is 6.07 Å². The maximum atomic E-state index is 13.1. The molecule has 0 spiro atoms. The molecule has 0 amide bonds. The minimum absolute atomic E-state index is 0.0506. The van der Waals surface area contributed by atoms with Gasteiger partial charge in [-0.25, -0.2) is 9.37 Å². The molecule has 2 aromatic rings. The minimum Gasteiger partial charge on any atom is -0.327 e. The van der Waals surface area contributed by atoms with E-state index < -0.39 is 6.17 Å². The number of aromatic amines is 1. The van der Waals surface area contributed by atoms with Gasteiger partial charge in [0.25, 0.3) is 0 Å². The fourth-order valence-corrected chi connectivity index (χ4v) is 1.06. The van der Waals surface area contributed by atoms with Crippen molar-refractivity contribution in [3.8, 4) is 0 Å². The van der Waals surface area contributed by atoms with Crippen molar-refractivity contribution in [1.29, 1.82) is 0 Å². The molecule has 5 nitrogen and oxygen atoms in total. The summed E-state index contributed by atoms with van der Waals surface area (Å²) in [5.41, 5.74) is 6.64. The highest BCUT2D eigenvalue weighted by molar-refractivity contribution is 5.69. The quantitative estimate of drug-likeness (QED) is 0.699. The molecule has 0 aliphatic heterocycles. The molecule has 3 N–H and O–H groups in total. The van der Waals surface area contributed by atoms with Crippen LogP contribution in [0, 0.1) is 0 Å². The molecular formula is C7H8FN5. The van der Waals surface area contributed by atoms with E-state index in [0.29, 0.717) is 16.7 Å². The predicted molar refractivity (Wildman–Crippen MR) is 44.6 cm³/mol. The van der Waals surface area contributed by atoms with Crippen molar-refractivity contribution >= 4 is 11.2 Å². The van der Waals surface area contributed by atoms with Crippen LogP contribution in [0.2, 0.25) is 0 Å². The molecule has 2 heterocycles. The van der Waals surface area contributed by atoms with E-state index in [4.69, 9.17) is 5.73 Å². The lowest BCUT2D eigenvalue weighted by atomic mass is 10.2. The molecule has 0 aromatic carbocycles. The molecule has 2 rings (SSSR count). The second-order valence-electron chi connectivity index (χ2n) is 2.64. The molecule has 1 unspecified atom stereocenters. The van der Waals surface area contributed by atoms with E-state index in [0.717, 1.165) is 0 Å². The fourth-order valence-electron chi connectivity index (χ4n) is 1.06. The van der Waals surface area contributed by atoms with Crippen molar-refractivity contribution in [2.24, 2.45) is 5.73 Å². The Hall–Kier alpha value is -1.56. The SMILES string of the molecule is NCC(F)c1cnc2n[nH]nc2c1. The summed E-state index contributed by atoms with van der Waals surface area (Å²) in [6.45, 7) is -0.0506. The van der Waals surface area contributed by atoms with Crippen molar-refractivity contribution in [3.05, 3.63) is 17.8 Å². The number of rotatable bonds is 2. The summed E-state index contributed by atoms with van der Waals surface area (Å²) in [7, 11) is 0. The molecule has 0 saturated carbocycles. The van der Waals surface area contributed by atoms with Gasteiger partial charge in [-0.3, -0.25) is 0 Å². The van der Waals surface area contributed by atoms with Gasteiger partial charge in [0.15, 0.2) is 0 Å². The van der Waals surface area contributed by atoms with Crippen LogP contribution in [0.5, 0.6) is 0 Å². The Labute approximate surface area is 73.2 Å². The molecule has 2 aromatic heterocycles. The normalized spacial score (nSPS) is 13.4. The summed E-state index contributed by atoms with van der Waals surface area (Å²) < 4.78 is 13.1. The van der Waals surface area contributed by atoms with Gasteiger partial charge in [-0.15, -0.1) is 5.10 Å². The number of nitrogens with zero attached hydrogens (tertiary/aromatic N) is 3. The number of nitrogens with two attached hydrogens (primary N) is 1. The first-order chi connectivity index (χ1) is 6.31. The van der Waals surface area contributed by atoms with Crippen LogP contribution in [0.4, 0.5) is 4.39 Å². The molecule has 1 atom stereocenters. The van der Waals surface area contributed by atoms with Crippen LogP contribution >= 0.6 is 0 Å². The molecule has 13 heavy (non-hydrogen) atoms. The zero-order chi connectivity index (χ0) is 9.26. The third-order valence-corrected chi connectivity index (χ3v) is 1.76. The van der Waals surface area contributed by atoms with E-state index in [1.54, 1.807) is 6.07 Å². The van der Waals surface area contributed by atoms with Crippen molar-refractivity contribution in [2.75, 3.05) is 6.54 Å². The number of nitrogens with one attached hydrogen (secondary N) is 1. The summed E-state index contributed by atoms with van der Waals surface area (Å²) in [4.78, 5) is 3.91. The van der Waals surface area contributed by atoms with Gasteiger partial charge in [-0.1, -0.05) is 0 Å². The van der Waals surface area contributed by atoms with Crippen LogP contribution in [0.25, 0.3) is 11.2 Å². The summed E-state index contributed by atoms with van der Waals surface area (Å²) >= 11 is 0.